The molecule has 0 bridgehead atoms. The van der Waals surface area contributed by atoms with Gasteiger partial charge in [0, 0.05) is 11.9 Å². The van der Waals surface area contributed by atoms with Crippen molar-refractivity contribution < 1.29 is 0 Å². The Balaban J connectivity index is 2.84. The topological polar surface area (TPSA) is 59.6 Å². The van der Waals surface area contributed by atoms with Crippen LogP contribution in [0.2, 0.25) is 0 Å². The molecule has 0 atom stereocenters. The summed E-state index contributed by atoms with van der Waals surface area (Å²) in [5.74, 6) is 0. The van der Waals surface area contributed by atoms with E-state index in [0.717, 1.165) is 5.69 Å². The zero-order valence-electron chi connectivity index (χ0n) is 8.70. The minimum absolute atomic E-state index is 0.0632. The minimum Gasteiger partial charge on any atom is -0.360 e. The van der Waals surface area contributed by atoms with Gasteiger partial charge in [-0.2, -0.15) is 10.5 Å². The summed E-state index contributed by atoms with van der Waals surface area (Å²) >= 11 is 0. The quantitative estimate of drug-likeness (QED) is 0.741. The van der Waals surface area contributed by atoms with E-state index in [0.29, 0.717) is 0 Å². The Hall–Kier alpha value is -2.26. The molecule has 0 unspecified atom stereocenters. The number of nitriles is 2. The Kier molecular flexibility index (Phi) is 3.49. The monoisotopic (exact) mass is 197 g/mol. The van der Waals surface area contributed by atoms with Gasteiger partial charge in [0.1, 0.15) is 17.7 Å². The van der Waals surface area contributed by atoms with Crippen molar-refractivity contribution in [1.82, 2.24) is 0 Å². The molecule has 0 spiro atoms. The van der Waals surface area contributed by atoms with Crippen molar-refractivity contribution in [3.63, 3.8) is 0 Å². The van der Waals surface area contributed by atoms with Crippen LogP contribution >= 0.6 is 0 Å². The van der Waals surface area contributed by atoms with Gasteiger partial charge in [0.2, 0.25) is 0 Å². The number of hydrogen-bond donors (Lipinski definition) is 1. The van der Waals surface area contributed by atoms with Gasteiger partial charge in [-0.3, -0.25) is 0 Å². The first kappa shape index (κ1) is 10.8. The summed E-state index contributed by atoms with van der Waals surface area (Å²) in [5, 5.41) is 20.0. The largest absolute Gasteiger partial charge is 0.360 e. The molecule has 0 radical (unpaired) electrons. The number of hydrogen-bond acceptors (Lipinski definition) is 3. The Morgan fingerprint density at radius 2 is 1.87 bits per heavy atom. The van der Waals surface area contributed by atoms with Crippen molar-refractivity contribution >= 4 is 5.69 Å². The summed E-state index contributed by atoms with van der Waals surface area (Å²) < 4.78 is 0. The van der Waals surface area contributed by atoms with E-state index >= 15 is 0 Å². The second kappa shape index (κ2) is 4.83. The third-order valence-corrected chi connectivity index (χ3v) is 2.13. The van der Waals surface area contributed by atoms with Crippen molar-refractivity contribution in [2.24, 2.45) is 0 Å². The third-order valence-electron chi connectivity index (χ3n) is 2.13. The van der Waals surface area contributed by atoms with Crippen LogP contribution in [0.25, 0.3) is 0 Å². The summed E-state index contributed by atoms with van der Waals surface area (Å²) in [6.45, 7) is 4.05. The van der Waals surface area contributed by atoms with Crippen LogP contribution in [0.1, 0.15) is 11.1 Å². The van der Waals surface area contributed by atoms with E-state index in [9.17, 15) is 0 Å². The van der Waals surface area contributed by atoms with E-state index in [1.54, 1.807) is 12.1 Å². The highest BCUT2D eigenvalue weighted by Crippen LogP contribution is 2.14. The lowest BCUT2D eigenvalue weighted by Crippen LogP contribution is -1.91. The van der Waals surface area contributed by atoms with Crippen molar-refractivity contribution in [2.45, 2.75) is 13.8 Å². The summed E-state index contributed by atoms with van der Waals surface area (Å²) in [4.78, 5) is 0. The third kappa shape index (κ3) is 2.86. The molecule has 0 saturated carbocycles. The molecule has 1 N–H and O–H groups in total. The van der Waals surface area contributed by atoms with Gasteiger partial charge in [-0.1, -0.05) is 6.07 Å². The van der Waals surface area contributed by atoms with Crippen LogP contribution in [-0.4, -0.2) is 0 Å². The number of aryl methyl sites for hydroxylation is 2. The molecule has 0 aliphatic carbocycles. The number of benzene rings is 1. The lowest BCUT2D eigenvalue weighted by Gasteiger charge is -2.04. The zero-order valence-corrected chi connectivity index (χ0v) is 8.70. The molecule has 74 valence electrons. The van der Waals surface area contributed by atoms with Gasteiger partial charge >= 0.3 is 0 Å². The number of nitrogens with one attached hydrogen (secondary N) is 1. The van der Waals surface area contributed by atoms with E-state index in [2.05, 4.69) is 5.32 Å². The Morgan fingerprint density at radius 3 is 2.40 bits per heavy atom. The fourth-order valence-corrected chi connectivity index (χ4v) is 1.08. The van der Waals surface area contributed by atoms with Crippen molar-refractivity contribution in [3.05, 3.63) is 41.1 Å². The number of nitrogens with zero attached hydrogens (tertiary/aromatic N) is 2. The molecule has 0 aliphatic heterocycles. The Labute approximate surface area is 89.3 Å². The molecule has 0 saturated heterocycles. The summed E-state index contributed by atoms with van der Waals surface area (Å²) in [5.41, 5.74) is 3.32. The number of anilines is 1. The smallest absolute Gasteiger partial charge is 0.145 e. The molecule has 0 heterocycles. The van der Waals surface area contributed by atoms with Gasteiger partial charge in [-0.25, -0.2) is 0 Å². The van der Waals surface area contributed by atoms with Crippen molar-refractivity contribution in [2.75, 3.05) is 5.32 Å². The summed E-state index contributed by atoms with van der Waals surface area (Å²) in [7, 11) is 0. The molecule has 3 nitrogen and oxygen atoms in total. The van der Waals surface area contributed by atoms with Crippen LogP contribution in [0.15, 0.2) is 30.0 Å². The average molecular weight is 197 g/mol. The van der Waals surface area contributed by atoms with Gasteiger partial charge in [0.25, 0.3) is 0 Å². The molecule has 1 aromatic rings. The highest BCUT2D eigenvalue weighted by atomic mass is 14.8. The van der Waals surface area contributed by atoms with Gasteiger partial charge < -0.3 is 5.32 Å². The molecule has 1 rings (SSSR count). The number of rotatable bonds is 2. The maximum atomic E-state index is 8.52. The van der Waals surface area contributed by atoms with Crippen LogP contribution < -0.4 is 5.32 Å². The van der Waals surface area contributed by atoms with Crippen molar-refractivity contribution in [3.8, 4) is 12.1 Å². The van der Waals surface area contributed by atoms with Gasteiger partial charge in [0.05, 0.1) is 0 Å². The molecular weight excluding hydrogens is 186 g/mol. The minimum atomic E-state index is 0.0632. The summed E-state index contributed by atoms with van der Waals surface area (Å²) in [6.07, 6.45) is 1.41. The van der Waals surface area contributed by atoms with E-state index in [1.165, 1.54) is 17.3 Å². The van der Waals surface area contributed by atoms with Gasteiger partial charge in [-0.05, 0) is 37.1 Å². The normalized spacial score (nSPS) is 8.53. The van der Waals surface area contributed by atoms with Crippen LogP contribution in [0.5, 0.6) is 0 Å². The van der Waals surface area contributed by atoms with Gasteiger partial charge in [0.15, 0.2) is 0 Å². The Bertz CT molecular complexity index is 457. The van der Waals surface area contributed by atoms with Crippen molar-refractivity contribution in [1.29, 1.82) is 10.5 Å². The van der Waals surface area contributed by atoms with E-state index < -0.39 is 0 Å². The standard InChI is InChI=1S/C12H11N3/c1-9-3-4-12(5-10(9)2)15-8-11(6-13)7-14/h3-5,8,15H,1-2H3. The Morgan fingerprint density at radius 1 is 1.20 bits per heavy atom. The number of allylic oxidation sites excluding steroid dienone is 1. The summed E-state index contributed by atoms with van der Waals surface area (Å²) in [6, 6.07) is 9.44. The highest BCUT2D eigenvalue weighted by molar-refractivity contribution is 5.52. The molecule has 0 aliphatic rings. The van der Waals surface area contributed by atoms with E-state index in [4.69, 9.17) is 10.5 Å². The maximum Gasteiger partial charge on any atom is 0.145 e. The van der Waals surface area contributed by atoms with Crippen LogP contribution in [-0.2, 0) is 0 Å². The van der Waals surface area contributed by atoms with Crippen LogP contribution in [0.3, 0.4) is 0 Å². The SMILES string of the molecule is Cc1ccc(NC=C(C#N)C#N)cc1C. The van der Waals surface area contributed by atoms with E-state index in [-0.39, 0.29) is 5.57 Å². The first-order valence-corrected chi connectivity index (χ1v) is 4.51. The fourth-order valence-electron chi connectivity index (χ4n) is 1.08. The molecular formula is C12H11N3. The maximum absolute atomic E-state index is 8.52. The lowest BCUT2D eigenvalue weighted by atomic mass is 10.1. The van der Waals surface area contributed by atoms with Crippen LogP contribution in [0.4, 0.5) is 5.69 Å². The average Bonchev–Trinajstić information content (AvgIpc) is 2.24. The molecule has 15 heavy (non-hydrogen) atoms. The molecule has 0 amide bonds. The van der Waals surface area contributed by atoms with Gasteiger partial charge in [-0.15, -0.1) is 0 Å². The predicted octanol–water partition coefficient (Wildman–Crippen LogP) is 2.65. The molecule has 0 fully saturated rings. The highest BCUT2D eigenvalue weighted by Gasteiger charge is 1.95. The lowest BCUT2D eigenvalue weighted by molar-refractivity contribution is 1.33. The predicted molar refractivity (Wildman–Crippen MR) is 58.8 cm³/mol. The first-order valence-electron chi connectivity index (χ1n) is 4.51. The molecule has 3 heteroatoms. The fraction of sp³-hybridized carbons (Fsp3) is 0.167. The molecule has 1 aromatic carbocycles. The van der Waals surface area contributed by atoms with E-state index in [1.807, 2.05) is 32.0 Å². The second-order valence-corrected chi connectivity index (χ2v) is 3.22. The second-order valence-electron chi connectivity index (χ2n) is 3.22. The zero-order chi connectivity index (χ0) is 11.3. The molecule has 0 aromatic heterocycles. The van der Waals surface area contributed by atoms with Crippen LogP contribution in [0, 0.1) is 36.5 Å². The first-order chi connectivity index (χ1) is 7.17.